The van der Waals surface area contributed by atoms with E-state index in [1.165, 1.54) is 17.7 Å². The third kappa shape index (κ3) is 3.07. The summed E-state index contributed by atoms with van der Waals surface area (Å²) in [5.74, 6) is 0.414. The van der Waals surface area contributed by atoms with Gasteiger partial charge in [0.25, 0.3) is 0 Å². The van der Waals surface area contributed by atoms with Crippen LogP contribution in [0, 0.1) is 0 Å². The van der Waals surface area contributed by atoms with Crippen molar-refractivity contribution in [2.24, 2.45) is 0 Å². The summed E-state index contributed by atoms with van der Waals surface area (Å²) >= 11 is 0. The highest BCUT2D eigenvalue weighted by Crippen LogP contribution is 2.42. The van der Waals surface area contributed by atoms with Gasteiger partial charge in [-0.3, -0.25) is 0 Å². The molecule has 0 radical (unpaired) electrons. The first-order chi connectivity index (χ1) is 10.0. The summed E-state index contributed by atoms with van der Waals surface area (Å²) in [6.07, 6.45) is -3.57. The third-order valence-electron chi connectivity index (χ3n) is 3.38. The Morgan fingerprint density at radius 3 is 2.52 bits per heavy atom. The van der Waals surface area contributed by atoms with Crippen LogP contribution < -0.4 is 14.8 Å². The molecule has 2 aromatic carbocycles. The number of nitrogens with one attached hydrogen (secondary N) is 1. The Labute approximate surface area is 121 Å². The molecule has 2 aromatic rings. The first-order valence-corrected chi connectivity index (χ1v) is 6.72. The summed E-state index contributed by atoms with van der Waals surface area (Å²) in [5, 5.41) is 3.22. The Bertz CT molecular complexity index is 631. The van der Waals surface area contributed by atoms with Crippen molar-refractivity contribution in [3.8, 4) is 11.5 Å². The molecule has 3 rings (SSSR count). The van der Waals surface area contributed by atoms with Gasteiger partial charge in [0.2, 0.25) is 0 Å². The van der Waals surface area contributed by atoms with Crippen molar-refractivity contribution in [2.45, 2.75) is 19.1 Å². The maximum absolute atomic E-state index is 12.9. The number of anilines is 1. The van der Waals surface area contributed by atoms with Crippen molar-refractivity contribution in [2.75, 3.05) is 11.9 Å². The number of benzene rings is 2. The Hall–Kier alpha value is -2.30. The van der Waals surface area contributed by atoms with Gasteiger partial charge in [-0.25, -0.2) is 0 Å². The fourth-order valence-electron chi connectivity index (χ4n) is 2.23. The average molecular weight is 291 g/mol. The second kappa shape index (κ2) is 5.24. The lowest BCUT2D eigenvalue weighted by atomic mass is 10.0. The summed E-state index contributed by atoms with van der Waals surface area (Å²) < 4.78 is 34.7. The Morgan fingerprint density at radius 2 is 1.76 bits per heavy atom. The van der Waals surface area contributed by atoms with Crippen LogP contribution in [0.4, 0.5) is 14.5 Å². The van der Waals surface area contributed by atoms with E-state index in [1.54, 1.807) is 6.07 Å². The highest BCUT2D eigenvalue weighted by Gasteiger charge is 2.43. The van der Waals surface area contributed by atoms with Crippen molar-refractivity contribution in [3.63, 3.8) is 0 Å². The fraction of sp³-hybridized carbons (Fsp3) is 0.250. The van der Waals surface area contributed by atoms with Crippen molar-refractivity contribution < 1.29 is 18.3 Å². The summed E-state index contributed by atoms with van der Waals surface area (Å²) in [6, 6.07) is 14.8. The molecule has 0 amide bonds. The van der Waals surface area contributed by atoms with Gasteiger partial charge >= 0.3 is 6.29 Å². The van der Waals surface area contributed by atoms with Crippen molar-refractivity contribution in [1.29, 1.82) is 0 Å². The molecule has 1 heterocycles. The summed E-state index contributed by atoms with van der Waals surface area (Å²) in [7, 11) is 0. The van der Waals surface area contributed by atoms with Crippen molar-refractivity contribution >= 4 is 5.69 Å². The number of fused-ring (bicyclic) bond motifs is 1. The number of alkyl halides is 2. The lowest BCUT2D eigenvalue weighted by molar-refractivity contribution is -0.286. The van der Waals surface area contributed by atoms with Crippen LogP contribution in [0.1, 0.15) is 18.4 Å². The standard InChI is InChI=1S/C16H15F2NO2/c1-11(12-5-3-2-4-6-12)10-19-13-7-8-14-15(9-13)21-16(17,18)20-14/h2-9,11,19H,10H2,1H3. The normalized spacial score (nSPS) is 16.5. The van der Waals surface area contributed by atoms with Crippen molar-refractivity contribution in [1.82, 2.24) is 0 Å². The summed E-state index contributed by atoms with van der Waals surface area (Å²) in [6.45, 7) is 2.80. The molecular formula is C16H15F2NO2. The van der Waals surface area contributed by atoms with Crippen LogP contribution in [0.3, 0.4) is 0 Å². The van der Waals surface area contributed by atoms with E-state index in [9.17, 15) is 8.78 Å². The van der Waals surface area contributed by atoms with E-state index in [1.807, 2.05) is 18.2 Å². The van der Waals surface area contributed by atoms with Gasteiger partial charge in [0.15, 0.2) is 11.5 Å². The molecule has 1 atom stereocenters. The van der Waals surface area contributed by atoms with Crippen LogP contribution in [0.2, 0.25) is 0 Å². The zero-order chi connectivity index (χ0) is 14.9. The minimum absolute atomic E-state index is 0.0531. The molecule has 1 aliphatic heterocycles. The maximum Gasteiger partial charge on any atom is 0.586 e. The average Bonchev–Trinajstić information content (AvgIpc) is 2.78. The monoisotopic (exact) mass is 291 g/mol. The Balaban J connectivity index is 1.65. The predicted molar refractivity (Wildman–Crippen MR) is 76.0 cm³/mol. The summed E-state index contributed by atoms with van der Waals surface area (Å²) in [4.78, 5) is 0. The zero-order valence-electron chi connectivity index (χ0n) is 11.5. The molecule has 1 unspecified atom stereocenters. The molecule has 0 fully saturated rings. The van der Waals surface area contributed by atoms with Crippen LogP contribution in [-0.4, -0.2) is 12.8 Å². The van der Waals surface area contributed by atoms with Gasteiger partial charge < -0.3 is 14.8 Å². The number of rotatable bonds is 4. The number of ether oxygens (including phenoxy) is 2. The second-order valence-corrected chi connectivity index (χ2v) is 5.02. The smallest absolute Gasteiger partial charge is 0.395 e. The van der Waals surface area contributed by atoms with E-state index in [-0.39, 0.29) is 11.5 Å². The Morgan fingerprint density at radius 1 is 1.05 bits per heavy atom. The molecule has 21 heavy (non-hydrogen) atoms. The van der Waals surface area contributed by atoms with E-state index < -0.39 is 6.29 Å². The zero-order valence-corrected chi connectivity index (χ0v) is 11.5. The maximum atomic E-state index is 12.9. The SMILES string of the molecule is CC(CNc1ccc2c(c1)OC(F)(F)O2)c1ccccc1. The molecule has 0 spiro atoms. The third-order valence-corrected chi connectivity index (χ3v) is 3.38. The molecule has 1 N–H and O–H groups in total. The van der Waals surface area contributed by atoms with E-state index in [0.717, 1.165) is 5.69 Å². The van der Waals surface area contributed by atoms with Gasteiger partial charge in [0, 0.05) is 18.3 Å². The molecule has 0 bridgehead atoms. The van der Waals surface area contributed by atoms with Gasteiger partial charge in [0.05, 0.1) is 0 Å². The largest absolute Gasteiger partial charge is 0.586 e. The molecule has 5 heteroatoms. The van der Waals surface area contributed by atoms with Crippen molar-refractivity contribution in [3.05, 3.63) is 54.1 Å². The minimum atomic E-state index is -3.57. The first kappa shape index (κ1) is 13.7. The van der Waals surface area contributed by atoms with Crippen LogP contribution >= 0.6 is 0 Å². The minimum Gasteiger partial charge on any atom is -0.395 e. The molecule has 3 nitrogen and oxygen atoms in total. The topological polar surface area (TPSA) is 30.5 Å². The van der Waals surface area contributed by atoms with E-state index >= 15 is 0 Å². The number of halogens is 2. The predicted octanol–water partition coefficient (Wildman–Crippen LogP) is 4.22. The number of hydrogen-bond donors (Lipinski definition) is 1. The number of hydrogen-bond acceptors (Lipinski definition) is 3. The van der Waals surface area contributed by atoms with Gasteiger partial charge in [-0.2, -0.15) is 0 Å². The fourth-order valence-corrected chi connectivity index (χ4v) is 2.23. The molecule has 1 aliphatic rings. The van der Waals surface area contributed by atoms with Crippen LogP contribution in [0.25, 0.3) is 0 Å². The Kier molecular flexibility index (Phi) is 3.41. The highest BCUT2D eigenvalue weighted by molar-refractivity contribution is 5.56. The van der Waals surface area contributed by atoms with Gasteiger partial charge in [-0.1, -0.05) is 37.3 Å². The highest BCUT2D eigenvalue weighted by atomic mass is 19.3. The van der Waals surface area contributed by atoms with Gasteiger partial charge in [-0.05, 0) is 23.6 Å². The summed E-state index contributed by atoms with van der Waals surface area (Å²) in [5.41, 5.74) is 1.94. The first-order valence-electron chi connectivity index (χ1n) is 6.72. The van der Waals surface area contributed by atoms with Crippen LogP contribution in [-0.2, 0) is 0 Å². The lowest BCUT2D eigenvalue weighted by Gasteiger charge is -2.14. The van der Waals surface area contributed by atoms with Gasteiger partial charge in [-0.15, -0.1) is 8.78 Å². The molecular weight excluding hydrogens is 276 g/mol. The van der Waals surface area contributed by atoms with Crippen LogP contribution in [0.5, 0.6) is 11.5 Å². The molecule has 0 aliphatic carbocycles. The van der Waals surface area contributed by atoms with Gasteiger partial charge in [0.1, 0.15) is 0 Å². The molecule has 0 saturated carbocycles. The molecule has 110 valence electrons. The van der Waals surface area contributed by atoms with Crippen LogP contribution in [0.15, 0.2) is 48.5 Å². The molecule has 0 aromatic heterocycles. The second-order valence-electron chi connectivity index (χ2n) is 5.02. The van der Waals surface area contributed by atoms with E-state index in [2.05, 4.69) is 33.8 Å². The molecule has 0 saturated heterocycles. The lowest BCUT2D eigenvalue weighted by Crippen LogP contribution is -2.25. The quantitative estimate of drug-likeness (QED) is 0.914. The van der Waals surface area contributed by atoms with E-state index in [0.29, 0.717) is 12.5 Å². The van der Waals surface area contributed by atoms with E-state index in [4.69, 9.17) is 0 Å².